The van der Waals surface area contributed by atoms with Gasteiger partial charge in [-0.25, -0.2) is 9.59 Å². The molecule has 17 nitrogen and oxygen atoms in total. The van der Waals surface area contributed by atoms with Crippen LogP contribution >= 0.6 is 0 Å². The number of hydrogen-bond acceptors (Lipinski definition) is 14. The molecule has 0 spiro atoms. The number of nitrogens with one attached hydrogen (secondary N) is 1. The molecule has 1 fully saturated rings. The molecule has 0 bridgehead atoms. The highest BCUT2D eigenvalue weighted by Crippen LogP contribution is 2.48. The minimum Gasteiger partial charge on any atom is -0.480 e. The van der Waals surface area contributed by atoms with Crippen LogP contribution < -0.4 is 5.32 Å². The molecule has 60 heavy (non-hydrogen) atoms. The van der Waals surface area contributed by atoms with Crippen molar-refractivity contribution in [3.05, 3.63) is 59.2 Å². The quantitative estimate of drug-likeness (QED) is 0.0771. The number of benzene rings is 2. The van der Waals surface area contributed by atoms with Gasteiger partial charge in [-0.3, -0.25) is 9.59 Å². The van der Waals surface area contributed by atoms with E-state index >= 15 is 0 Å². The summed E-state index contributed by atoms with van der Waals surface area (Å²) in [4.78, 5) is 54.9. The van der Waals surface area contributed by atoms with Gasteiger partial charge >= 0.3 is 11.9 Å². The van der Waals surface area contributed by atoms with Gasteiger partial charge in [0.05, 0.1) is 119 Å². The van der Waals surface area contributed by atoms with Crippen LogP contribution in [0.1, 0.15) is 54.7 Å². The Morgan fingerprint density at radius 2 is 1.32 bits per heavy atom. The first-order valence-electron chi connectivity index (χ1n) is 20.5. The monoisotopic (exact) mass is 846 g/mol. The second-order valence-corrected chi connectivity index (χ2v) is 14.3. The van der Waals surface area contributed by atoms with E-state index in [9.17, 15) is 24.3 Å². The number of carbonyl (C=O) groups is 4. The molecule has 2 aromatic rings. The molecule has 1 heterocycles. The fraction of sp³-hybridized carbons (Fsp3) is 0.628. The number of amides is 2. The fourth-order valence-electron chi connectivity index (χ4n) is 7.23. The zero-order chi connectivity index (χ0) is 42.8. The summed E-state index contributed by atoms with van der Waals surface area (Å²) in [6, 6.07) is 13.2. The lowest BCUT2D eigenvalue weighted by Gasteiger charge is -2.42. The molecular weight excluding hydrogens is 784 g/mol. The molecule has 2 aromatic carbocycles. The molecule has 1 saturated heterocycles. The van der Waals surface area contributed by atoms with E-state index in [1.165, 1.54) is 0 Å². The molecule has 2 aliphatic rings. The van der Waals surface area contributed by atoms with Gasteiger partial charge in [0.1, 0.15) is 6.04 Å². The number of hydrogen-bond donors (Lipinski definition) is 2. The van der Waals surface area contributed by atoms with Crippen molar-refractivity contribution in [2.45, 2.75) is 49.5 Å². The van der Waals surface area contributed by atoms with Crippen LogP contribution in [0.15, 0.2) is 42.5 Å². The summed E-state index contributed by atoms with van der Waals surface area (Å²) in [5.41, 5.74) is 4.51. The summed E-state index contributed by atoms with van der Waals surface area (Å²) in [7, 11) is 3.30. The van der Waals surface area contributed by atoms with Crippen molar-refractivity contribution in [2.24, 2.45) is 0 Å². The summed E-state index contributed by atoms with van der Waals surface area (Å²) in [6.45, 7) is 6.82. The largest absolute Gasteiger partial charge is 0.480 e. The number of carboxylic acids is 1. The lowest BCUT2D eigenvalue weighted by atomic mass is 9.70. The fourth-order valence-corrected chi connectivity index (χ4v) is 7.23. The van der Waals surface area contributed by atoms with Crippen LogP contribution in [0.25, 0.3) is 11.1 Å². The molecule has 334 valence electrons. The average Bonchev–Trinajstić information content (AvgIpc) is 3.56. The first-order chi connectivity index (χ1) is 29.3. The number of hydroxylamine groups is 2. The van der Waals surface area contributed by atoms with Crippen molar-refractivity contribution < 1.29 is 71.8 Å². The molecule has 0 radical (unpaired) electrons. The third kappa shape index (κ3) is 15.8. The molecule has 3 atom stereocenters. The zero-order valence-electron chi connectivity index (χ0n) is 34.9. The highest BCUT2D eigenvalue weighted by molar-refractivity contribution is 5.81. The van der Waals surface area contributed by atoms with Gasteiger partial charge in [-0.15, -0.1) is 0 Å². The minimum absolute atomic E-state index is 0.0215. The van der Waals surface area contributed by atoms with Crippen molar-refractivity contribution in [3.8, 4) is 11.1 Å². The number of methoxy groups -OCH3 is 2. The molecule has 1 aliphatic carbocycles. The molecular formula is C43H62N2O15. The molecule has 0 aromatic heterocycles. The maximum atomic E-state index is 13.1. The number of ether oxygens (including phenoxy) is 9. The topological polar surface area (TPSA) is 196 Å². The van der Waals surface area contributed by atoms with Crippen LogP contribution in [-0.2, 0) is 72.1 Å². The minimum atomic E-state index is -1.16. The standard InChI is InChI=1S/C43H62N2O15/c1-51-15-16-54-19-20-56-23-24-58-27-28-59-26-25-57-22-21-55-18-17-53-14-11-41(48)60-45-31-43(13-10-40(45)47,12-9-39(42(49)50)44-32-46)33-7-8-36-37(29-33)34-5-3-4-6-35(34)38(36)30-52-2/h3-8,29,32,38-39H,9-28,30-31H2,1-2H3,(H,44,46)(H,49,50). The van der Waals surface area contributed by atoms with E-state index in [0.717, 1.165) is 32.9 Å². The first-order valence-corrected chi connectivity index (χ1v) is 20.5. The number of fused-ring (bicyclic) bond motifs is 3. The van der Waals surface area contributed by atoms with Crippen LogP contribution in [0.3, 0.4) is 0 Å². The molecule has 4 rings (SSSR count). The summed E-state index contributed by atoms with van der Waals surface area (Å²) in [5.74, 6) is -2.09. The van der Waals surface area contributed by atoms with E-state index in [-0.39, 0.29) is 50.8 Å². The van der Waals surface area contributed by atoms with Crippen molar-refractivity contribution >= 4 is 24.3 Å². The molecule has 2 N–H and O–H groups in total. The summed E-state index contributed by atoms with van der Waals surface area (Å²) >= 11 is 0. The maximum Gasteiger partial charge on any atom is 0.334 e. The van der Waals surface area contributed by atoms with Gasteiger partial charge in [-0.1, -0.05) is 42.5 Å². The summed E-state index contributed by atoms with van der Waals surface area (Å²) in [6.07, 6.45) is 1.16. The molecule has 0 saturated carbocycles. The third-order valence-electron chi connectivity index (χ3n) is 10.3. The second kappa shape index (κ2) is 27.7. The average molecular weight is 847 g/mol. The predicted molar refractivity (Wildman–Crippen MR) is 216 cm³/mol. The van der Waals surface area contributed by atoms with Crippen molar-refractivity contribution in [2.75, 3.05) is 126 Å². The number of nitrogens with zero attached hydrogens (tertiary/aromatic N) is 1. The zero-order valence-corrected chi connectivity index (χ0v) is 34.9. The second-order valence-electron chi connectivity index (χ2n) is 14.3. The number of carboxylic acid groups (broad SMARTS) is 1. The first kappa shape index (κ1) is 48.6. The van der Waals surface area contributed by atoms with Crippen molar-refractivity contribution in [1.82, 2.24) is 10.4 Å². The Balaban J connectivity index is 1.14. The van der Waals surface area contributed by atoms with Crippen LogP contribution in [0.4, 0.5) is 0 Å². The lowest BCUT2D eigenvalue weighted by Crippen LogP contribution is -2.50. The molecule has 2 amide bonds. The van der Waals surface area contributed by atoms with Gasteiger partial charge in [0.25, 0.3) is 5.91 Å². The normalized spacial score (nSPS) is 17.6. The summed E-state index contributed by atoms with van der Waals surface area (Å²) in [5, 5.41) is 13.3. The number of rotatable bonds is 34. The third-order valence-corrected chi connectivity index (χ3v) is 10.3. The van der Waals surface area contributed by atoms with Crippen molar-refractivity contribution in [3.63, 3.8) is 0 Å². The Morgan fingerprint density at radius 3 is 1.87 bits per heavy atom. The lowest BCUT2D eigenvalue weighted by molar-refractivity contribution is -0.207. The molecule has 17 heteroatoms. The molecule has 1 aliphatic heterocycles. The predicted octanol–water partition coefficient (Wildman–Crippen LogP) is 2.90. The summed E-state index contributed by atoms with van der Waals surface area (Å²) < 4.78 is 48.7. The van der Waals surface area contributed by atoms with E-state index in [4.69, 9.17) is 47.5 Å². The van der Waals surface area contributed by atoms with Crippen LogP contribution in [-0.4, -0.2) is 167 Å². The van der Waals surface area contributed by atoms with E-state index in [1.54, 1.807) is 14.2 Å². The Morgan fingerprint density at radius 1 is 0.767 bits per heavy atom. The van der Waals surface area contributed by atoms with E-state index in [0.29, 0.717) is 112 Å². The SMILES string of the molecule is COCCOCCOCCOCCOCCOCCOCCOCCC(=O)ON1CC(CCC(NC=O)C(=O)O)(c2ccc3c(c2)-c2ccccc2C3COC)CCC1=O. The smallest absolute Gasteiger partial charge is 0.334 e. The van der Waals surface area contributed by atoms with Crippen LogP contribution in [0, 0.1) is 0 Å². The van der Waals surface area contributed by atoms with Crippen LogP contribution in [0.5, 0.6) is 0 Å². The highest BCUT2D eigenvalue weighted by atomic mass is 16.7. The number of aliphatic carboxylic acids is 1. The van der Waals surface area contributed by atoms with Gasteiger partial charge in [-0.2, -0.15) is 5.06 Å². The Hall–Kier alpha value is -4.04. The van der Waals surface area contributed by atoms with Crippen LogP contribution in [0.2, 0.25) is 0 Å². The maximum absolute atomic E-state index is 13.1. The van der Waals surface area contributed by atoms with E-state index in [2.05, 4.69) is 29.6 Å². The number of piperidine rings is 1. The van der Waals surface area contributed by atoms with Gasteiger partial charge in [0, 0.05) is 32.0 Å². The highest BCUT2D eigenvalue weighted by Gasteiger charge is 2.43. The van der Waals surface area contributed by atoms with Crippen molar-refractivity contribution in [1.29, 1.82) is 0 Å². The van der Waals surface area contributed by atoms with Gasteiger partial charge in [0.15, 0.2) is 0 Å². The van der Waals surface area contributed by atoms with E-state index in [1.807, 2.05) is 18.2 Å². The van der Waals surface area contributed by atoms with Gasteiger partial charge < -0.3 is 57.9 Å². The Labute approximate surface area is 352 Å². The molecule has 3 unspecified atom stereocenters. The van der Waals surface area contributed by atoms with Gasteiger partial charge in [0.2, 0.25) is 6.41 Å². The van der Waals surface area contributed by atoms with E-state index < -0.39 is 23.4 Å². The Kier molecular flexibility index (Phi) is 22.5. The number of carbonyl (C=O) groups excluding carboxylic acids is 3. The van der Waals surface area contributed by atoms with Gasteiger partial charge in [-0.05, 0) is 47.1 Å². The Bertz CT molecular complexity index is 1600.